The van der Waals surface area contributed by atoms with Gasteiger partial charge in [0.05, 0.1) is 5.56 Å². The Bertz CT molecular complexity index is 463. The molecule has 16 heavy (non-hydrogen) atoms. The summed E-state index contributed by atoms with van der Waals surface area (Å²) in [5, 5.41) is 0. The Morgan fingerprint density at radius 1 is 1.12 bits per heavy atom. The molecule has 0 spiro atoms. The van der Waals surface area contributed by atoms with Crippen LogP contribution in [0.1, 0.15) is 16.6 Å². The lowest BCUT2D eigenvalue weighted by Gasteiger charge is -2.13. The normalized spacial score (nSPS) is 14.8. The van der Waals surface area contributed by atoms with Crippen LogP contribution in [0.25, 0.3) is 0 Å². The fraction of sp³-hybridized carbons (Fsp3) is 0.250. The minimum atomic E-state index is -5.20. The molecule has 0 aliphatic carbocycles. The SMILES string of the molecule is O=S(=O)([O-])C(F)c1ccc(C(F)(F)F)cc1. The highest BCUT2D eigenvalue weighted by Crippen LogP contribution is 2.31. The molecule has 0 saturated heterocycles. The summed E-state index contributed by atoms with van der Waals surface area (Å²) in [7, 11) is -5.20. The summed E-state index contributed by atoms with van der Waals surface area (Å²) in [6.07, 6.45) is -4.60. The second-order valence-corrected chi connectivity index (χ2v) is 4.33. The molecule has 0 aromatic heterocycles. The quantitative estimate of drug-likeness (QED) is 0.603. The molecule has 3 nitrogen and oxygen atoms in total. The lowest BCUT2D eigenvalue weighted by Crippen LogP contribution is -2.09. The van der Waals surface area contributed by atoms with Crippen molar-refractivity contribution in [2.75, 3.05) is 0 Å². The van der Waals surface area contributed by atoms with Crippen molar-refractivity contribution in [3.05, 3.63) is 35.4 Å². The molecule has 0 aliphatic heterocycles. The van der Waals surface area contributed by atoms with Gasteiger partial charge in [-0.3, -0.25) is 0 Å². The zero-order valence-corrected chi connectivity index (χ0v) is 8.35. The molecule has 0 heterocycles. The standard InChI is InChI=1S/C8H6F4O3S/c9-7(16(13,14)15)5-1-3-6(4-2-5)8(10,11)12/h1-4,7H,(H,13,14,15)/p-1. The summed E-state index contributed by atoms with van der Waals surface area (Å²) in [5.74, 6) is 0. The third-order valence-electron chi connectivity index (χ3n) is 1.75. The van der Waals surface area contributed by atoms with E-state index < -0.39 is 32.9 Å². The van der Waals surface area contributed by atoms with Gasteiger partial charge in [0.15, 0.2) is 0 Å². The van der Waals surface area contributed by atoms with Crippen LogP contribution in [0, 0.1) is 0 Å². The van der Waals surface area contributed by atoms with Gasteiger partial charge in [0.2, 0.25) is 5.50 Å². The first-order chi connectivity index (χ1) is 7.12. The molecule has 0 amide bonds. The molecule has 1 atom stereocenters. The van der Waals surface area contributed by atoms with Crippen LogP contribution in [-0.4, -0.2) is 13.0 Å². The predicted octanol–water partition coefficient (Wildman–Crippen LogP) is 2.22. The summed E-state index contributed by atoms with van der Waals surface area (Å²) in [6, 6.07) is 2.24. The van der Waals surface area contributed by atoms with Gasteiger partial charge in [-0.1, -0.05) is 12.1 Å². The maximum absolute atomic E-state index is 12.9. The summed E-state index contributed by atoms with van der Waals surface area (Å²) < 4.78 is 79.9. The zero-order chi connectivity index (χ0) is 12.6. The van der Waals surface area contributed by atoms with Crippen LogP contribution in [0.3, 0.4) is 0 Å². The van der Waals surface area contributed by atoms with E-state index in [2.05, 4.69) is 0 Å². The van der Waals surface area contributed by atoms with Crippen molar-refractivity contribution in [3.63, 3.8) is 0 Å². The van der Waals surface area contributed by atoms with E-state index in [0.29, 0.717) is 24.3 Å². The van der Waals surface area contributed by atoms with Crippen molar-refractivity contribution in [2.45, 2.75) is 11.7 Å². The van der Waals surface area contributed by atoms with Crippen LogP contribution in [0.15, 0.2) is 24.3 Å². The van der Waals surface area contributed by atoms with E-state index in [4.69, 9.17) is 0 Å². The first-order valence-electron chi connectivity index (χ1n) is 3.88. The number of hydrogen-bond acceptors (Lipinski definition) is 3. The number of halogens is 4. The molecular weight excluding hydrogens is 252 g/mol. The van der Waals surface area contributed by atoms with E-state index in [9.17, 15) is 30.5 Å². The van der Waals surface area contributed by atoms with E-state index >= 15 is 0 Å². The smallest absolute Gasteiger partial charge is 0.416 e. The molecule has 1 aromatic carbocycles. The molecule has 0 saturated carbocycles. The molecule has 8 heteroatoms. The Morgan fingerprint density at radius 2 is 1.56 bits per heavy atom. The molecule has 1 aromatic rings. The van der Waals surface area contributed by atoms with Gasteiger partial charge in [0.1, 0.15) is 10.1 Å². The van der Waals surface area contributed by atoms with Crippen molar-refractivity contribution in [1.82, 2.24) is 0 Å². The molecule has 0 aliphatic rings. The Hall–Kier alpha value is -1.15. The van der Waals surface area contributed by atoms with Crippen molar-refractivity contribution < 1.29 is 30.5 Å². The van der Waals surface area contributed by atoms with Crippen LogP contribution >= 0.6 is 0 Å². The van der Waals surface area contributed by atoms with Gasteiger partial charge in [-0.25, -0.2) is 12.8 Å². The van der Waals surface area contributed by atoms with Gasteiger partial charge in [0, 0.05) is 5.56 Å². The molecule has 0 radical (unpaired) electrons. The topological polar surface area (TPSA) is 57.2 Å². The highest BCUT2D eigenvalue weighted by molar-refractivity contribution is 7.85. The molecule has 0 N–H and O–H groups in total. The van der Waals surface area contributed by atoms with Crippen LogP contribution in [-0.2, 0) is 16.3 Å². The van der Waals surface area contributed by atoms with Gasteiger partial charge in [-0.15, -0.1) is 0 Å². The van der Waals surface area contributed by atoms with Crippen LogP contribution in [0.4, 0.5) is 17.6 Å². The van der Waals surface area contributed by atoms with Gasteiger partial charge in [-0.05, 0) is 12.1 Å². The number of hydrogen-bond donors (Lipinski definition) is 0. The first-order valence-corrected chi connectivity index (χ1v) is 5.35. The van der Waals surface area contributed by atoms with Crippen LogP contribution < -0.4 is 0 Å². The molecule has 1 rings (SSSR count). The maximum atomic E-state index is 12.9. The van der Waals surface area contributed by atoms with Crippen LogP contribution in [0.2, 0.25) is 0 Å². The predicted molar refractivity (Wildman–Crippen MR) is 45.0 cm³/mol. The van der Waals surface area contributed by atoms with E-state index in [1.54, 1.807) is 0 Å². The summed E-state index contributed by atoms with van der Waals surface area (Å²) in [6.45, 7) is 0. The van der Waals surface area contributed by atoms with Gasteiger partial charge >= 0.3 is 6.18 Å². The largest absolute Gasteiger partial charge is 0.745 e. The van der Waals surface area contributed by atoms with Gasteiger partial charge in [-0.2, -0.15) is 13.2 Å². The van der Waals surface area contributed by atoms with E-state index in [1.807, 2.05) is 0 Å². The van der Waals surface area contributed by atoms with Crippen molar-refractivity contribution in [2.24, 2.45) is 0 Å². The lowest BCUT2D eigenvalue weighted by molar-refractivity contribution is -0.137. The number of rotatable bonds is 2. The second-order valence-electron chi connectivity index (χ2n) is 2.93. The maximum Gasteiger partial charge on any atom is 0.416 e. The third-order valence-corrected chi connectivity index (χ3v) is 2.53. The molecule has 0 bridgehead atoms. The minimum absolute atomic E-state index is 0.507. The fourth-order valence-electron chi connectivity index (χ4n) is 0.990. The van der Waals surface area contributed by atoms with E-state index in [-0.39, 0.29) is 0 Å². The Kier molecular flexibility index (Phi) is 3.25. The van der Waals surface area contributed by atoms with Gasteiger partial charge in [0.25, 0.3) is 0 Å². The Balaban J connectivity index is 3.05. The fourth-order valence-corrected chi connectivity index (χ4v) is 1.48. The van der Waals surface area contributed by atoms with E-state index in [0.717, 1.165) is 0 Å². The van der Waals surface area contributed by atoms with Crippen molar-refractivity contribution in [3.8, 4) is 0 Å². The Labute approximate surface area is 88.5 Å². The first kappa shape index (κ1) is 12.9. The monoisotopic (exact) mass is 257 g/mol. The van der Waals surface area contributed by atoms with Crippen molar-refractivity contribution in [1.29, 1.82) is 0 Å². The molecule has 0 fully saturated rings. The average molecular weight is 257 g/mol. The summed E-state index contributed by atoms with van der Waals surface area (Å²) >= 11 is 0. The Morgan fingerprint density at radius 3 is 1.88 bits per heavy atom. The highest BCUT2D eigenvalue weighted by atomic mass is 32.2. The molecule has 90 valence electrons. The lowest BCUT2D eigenvalue weighted by atomic mass is 10.1. The van der Waals surface area contributed by atoms with E-state index in [1.165, 1.54) is 0 Å². The third kappa shape index (κ3) is 2.92. The molecular formula is C8H5F4O3S-. The second kappa shape index (κ2) is 4.02. The summed E-state index contributed by atoms with van der Waals surface area (Å²) in [5.41, 5.74) is -4.52. The molecule has 1 unspecified atom stereocenters. The average Bonchev–Trinajstić information content (AvgIpc) is 2.14. The highest BCUT2D eigenvalue weighted by Gasteiger charge is 2.30. The zero-order valence-electron chi connectivity index (χ0n) is 7.53. The minimum Gasteiger partial charge on any atom is -0.745 e. The number of benzene rings is 1. The van der Waals surface area contributed by atoms with Crippen LogP contribution in [0.5, 0.6) is 0 Å². The number of alkyl halides is 4. The summed E-state index contributed by atoms with van der Waals surface area (Å²) in [4.78, 5) is 0. The van der Waals surface area contributed by atoms with Gasteiger partial charge < -0.3 is 4.55 Å². The van der Waals surface area contributed by atoms with Crippen molar-refractivity contribution >= 4 is 10.1 Å².